The average molecular weight is 378 g/mol. The molecule has 0 saturated heterocycles. The van der Waals surface area contributed by atoms with Crippen molar-refractivity contribution in [3.8, 4) is 10.7 Å². The maximum atomic E-state index is 12.6. The molecule has 0 aromatic carbocycles. The van der Waals surface area contributed by atoms with E-state index in [0.29, 0.717) is 19.0 Å². The molecule has 2 aromatic rings. The lowest BCUT2D eigenvalue weighted by Crippen LogP contribution is -2.32. The number of carbonyl (C=O) groups is 2. The summed E-state index contributed by atoms with van der Waals surface area (Å²) in [7, 11) is 0. The van der Waals surface area contributed by atoms with E-state index in [2.05, 4.69) is 10.4 Å². The zero-order chi connectivity index (χ0) is 18.5. The van der Waals surface area contributed by atoms with Gasteiger partial charge in [-0.05, 0) is 31.2 Å². The smallest absolute Gasteiger partial charge is 0.346 e. The highest BCUT2D eigenvalue weighted by Crippen LogP contribution is 2.37. The molecule has 8 nitrogen and oxygen atoms in total. The van der Waals surface area contributed by atoms with Crippen LogP contribution >= 0.6 is 11.3 Å². The van der Waals surface area contributed by atoms with Crippen LogP contribution in [0.5, 0.6) is 0 Å². The summed E-state index contributed by atoms with van der Waals surface area (Å²) < 4.78 is 7.95. The van der Waals surface area contributed by atoms with E-state index in [1.165, 1.54) is 4.68 Å². The van der Waals surface area contributed by atoms with E-state index in [0.717, 1.165) is 17.7 Å². The fourth-order valence-electron chi connectivity index (χ4n) is 2.64. The lowest BCUT2D eigenvalue weighted by Gasteiger charge is -2.05. The number of nitrogens with one attached hydrogen (secondary N) is 1. The fraction of sp³-hybridized carbons (Fsp3) is 0.529. The van der Waals surface area contributed by atoms with Crippen molar-refractivity contribution in [1.29, 1.82) is 0 Å². The van der Waals surface area contributed by atoms with Crippen LogP contribution in [0.25, 0.3) is 10.7 Å². The highest BCUT2D eigenvalue weighted by Gasteiger charge is 2.30. The van der Waals surface area contributed by atoms with E-state index >= 15 is 0 Å². The van der Waals surface area contributed by atoms with E-state index in [4.69, 9.17) is 4.74 Å². The Labute approximate surface area is 154 Å². The van der Waals surface area contributed by atoms with Gasteiger partial charge in [-0.3, -0.25) is 14.2 Å². The summed E-state index contributed by atoms with van der Waals surface area (Å²) in [4.78, 5) is 36.6. The Morgan fingerprint density at radius 3 is 2.85 bits per heavy atom. The van der Waals surface area contributed by atoms with Crippen molar-refractivity contribution in [2.75, 3.05) is 13.2 Å². The molecule has 0 atom stereocenters. The summed E-state index contributed by atoms with van der Waals surface area (Å²) in [5.41, 5.74) is -0.142. The molecule has 26 heavy (non-hydrogen) atoms. The van der Waals surface area contributed by atoms with Crippen LogP contribution in [0.3, 0.4) is 0 Å². The molecule has 1 fully saturated rings. The van der Waals surface area contributed by atoms with Crippen LogP contribution in [-0.2, 0) is 20.9 Å². The van der Waals surface area contributed by atoms with Crippen molar-refractivity contribution in [3.05, 3.63) is 28.0 Å². The zero-order valence-corrected chi connectivity index (χ0v) is 15.5. The van der Waals surface area contributed by atoms with Gasteiger partial charge in [-0.2, -0.15) is 0 Å². The molecule has 0 unspecified atom stereocenters. The second-order valence-corrected chi connectivity index (χ2v) is 7.01. The maximum Gasteiger partial charge on any atom is 0.346 e. The van der Waals surface area contributed by atoms with Crippen molar-refractivity contribution >= 4 is 23.2 Å². The highest BCUT2D eigenvalue weighted by atomic mass is 32.1. The molecule has 0 radical (unpaired) electrons. The molecule has 0 bridgehead atoms. The van der Waals surface area contributed by atoms with Gasteiger partial charge in [0.2, 0.25) is 5.91 Å². The summed E-state index contributed by atoms with van der Waals surface area (Å²) in [6, 6.07) is 4.12. The number of ether oxygens (including phenoxy) is 1. The number of rotatable bonds is 9. The molecule has 0 aliphatic heterocycles. The predicted molar refractivity (Wildman–Crippen MR) is 96.9 cm³/mol. The third-order valence-corrected chi connectivity index (χ3v) is 4.90. The van der Waals surface area contributed by atoms with Gasteiger partial charge in [0.1, 0.15) is 0 Å². The normalized spacial score (nSPS) is 13.6. The molecule has 2 aromatic heterocycles. The molecule has 0 spiro atoms. The topological polar surface area (TPSA) is 95.2 Å². The van der Waals surface area contributed by atoms with E-state index in [-0.39, 0.29) is 43.0 Å². The van der Waals surface area contributed by atoms with Crippen LogP contribution in [0.4, 0.5) is 0 Å². The highest BCUT2D eigenvalue weighted by molar-refractivity contribution is 7.13. The zero-order valence-electron chi connectivity index (χ0n) is 14.6. The fourth-order valence-corrected chi connectivity index (χ4v) is 3.35. The molecule has 1 N–H and O–H groups in total. The average Bonchev–Trinajstić information content (AvgIpc) is 3.19. The largest absolute Gasteiger partial charge is 0.466 e. The Bertz CT molecular complexity index is 820. The van der Waals surface area contributed by atoms with Crippen LogP contribution < -0.4 is 11.0 Å². The molecule has 1 aliphatic carbocycles. The van der Waals surface area contributed by atoms with Gasteiger partial charge in [0.25, 0.3) is 0 Å². The monoisotopic (exact) mass is 378 g/mol. The number of thiophene rings is 1. The summed E-state index contributed by atoms with van der Waals surface area (Å²) in [5.74, 6) is 0.0648. The van der Waals surface area contributed by atoms with E-state index in [9.17, 15) is 14.4 Å². The molecule has 140 valence electrons. The number of amides is 1. The van der Waals surface area contributed by atoms with Crippen LogP contribution in [0.1, 0.15) is 38.6 Å². The third kappa shape index (κ3) is 4.40. The SMILES string of the molecule is CCOC(=O)CCC(=O)NCCn1nc(-c2cccs2)n(C2CC2)c1=O. The Kier molecular flexibility index (Phi) is 5.87. The van der Waals surface area contributed by atoms with Gasteiger partial charge in [-0.15, -0.1) is 16.4 Å². The van der Waals surface area contributed by atoms with Gasteiger partial charge >= 0.3 is 11.7 Å². The molecule has 9 heteroatoms. The van der Waals surface area contributed by atoms with Gasteiger partial charge in [0.05, 0.1) is 24.4 Å². The molecule has 1 saturated carbocycles. The van der Waals surface area contributed by atoms with E-state index < -0.39 is 0 Å². The van der Waals surface area contributed by atoms with Gasteiger partial charge in [-0.1, -0.05) is 6.07 Å². The third-order valence-electron chi connectivity index (χ3n) is 4.03. The van der Waals surface area contributed by atoms with Crippen LogP contribution in [0.2, 0.25) is 0 Å². The molecule has 1 amide bonds. The van der Waals surface area contributed by atoms with Gasteiger partial charge in [0.15, 0.2) is 5.82 Å². The first-order valence-corrected chi connectivity index (χ1v) is 9.63. The van der Waals surface area contributed by atoms with Crippen molar-refractivity contribution in [3.63, 3.8) is 0 Å². The Morgan fingerprint density at radius 2 is 2.19 bits per heavy atom. The molecular formula is C17H22N4O4S. The summed E-state index contributed by atoms with van der Waals surface area (Å²) in [5, 5.41) is 9.13. The predicted octanol–water partition coefficient (Wildman–Crippen LogP) is 1.57. The van der Waals surface area contributed by atoms with Crippen molar-refractivity contribution < 1.29 is 14.3 Å². The molecular weight excluding hydrogens is 356 g/mol. The van der Waals surface area contributed by atoms with Gasteiger partial charge in [-0.25, -0.2) is 9.48 Å². The van der Waals surface area contributed by atoms with Crippen LogP contribution in [-0.4, -0.2) is 39.4 Å². The maximum absolute atomic E-state index is 12.6. The van der Waals surface area contributed by atoms with Crippen LogP contribution in [0, 0.1) is 0 Å². The van der Waals surface area contributed by atoms with Crippen molar-refractivity contribution in [1.82, 2.24) is 19.7 Å². The Hall–Kier alpha value is -2.42. The standard InChI is InChI=1S/C17H22N4O4S/c1-2-25-15(23)8-7-14(22)18-9-10-20-17(24)21(12-5-6-12)16(19-20)13-4-3-11-26-13/h3-4,11-12H,2,5-10H2,1H3,(H,18,22). The second kappa shape index (κ2) is 8.31. The molecule has 2 heterocycles. The Balaban J connectivity index is 1.57. The van der Waals surface area contributed by atoms with E-state index in [1.54, 1.807) is 22.8 Å². The quantitative estimate of drug-likeness (QED) is 0.668. The summed E-state index contributed by atoms with van der Waals surface area (Å²) >= 11 is 1.55. The number of aromatic nitrogens is 3. The van der Waals surface area contributed by atoms with Crippen LogP contribution in [0.15, 0.2) is 22.3 Å². The van der Waals surface area contributed by atoms with Crippen molar-refractivity contribution in [2.45, 2.75) is 45.2 Å². The number of esters is 1. The van der Waals surface area contributed by atoms with E-state index in [1.807, 2.05) is 17.5 Å². The minimum atomic E-state index is -0.386. The minimum absolute atomic E-state index is 0.0540. The lowest BCUT2D eigenvalue weighted by atomic mass is 10.3. The minimum Gasteiger partial charge on any atom is -0.466 e. The number of hydrogen-bond donors (Lipinski definition) is 1. The first kappa shape index (κ1) is 18.4. The Morgan fingerprint density at radius 1 is 1.38 bits per heavy atom. The van der Waals surface area contributed by atoms with Gasteiger partial charge in [0, 0.05) is 19.0 Å². The lowest BCUT2D eigenvalue weighted by molar-refractivity contribution is -0.144. The number of hydrogen-bond acceptors (Lipinski definition) is 6. The second-order valence-electron chi connectivity index (χ2n) is 6.06. The first-order valence-electron chi connectivity index (χ1n) is 8.75. The summed E-state index contributed by atoms with van der Waals surface area (Å²) in [6.45, 7) is 2.61. The molecule has 3 rings (SSSR count). The number of nitrogens with zero attached hydrogens (tertiary/aromatic N) is 3. The first-order chi connectivity index (χ1) is 12.6. The summed E-state index contributed by atoms with van der Waals surface area (Å²) in [6.07, 6.45) is 2.12. The number of carbonyl (C=O) groups excluding carboxylic acids is 2. The van der Waals surface area contributed by atoms with Gasteiger partial charge < -0.3 is 10.1 Å². The molecule has 1 aliphatic rings. The van der Waals surface area contributed by atoms with Crippen molar-refractivity contribution in [2.24, 2.45) is 0 Å².